The first-order valence-electron chi connectivity index (χ1n) is 5.79. The van der Waals surface area contributed by atoms with E-state index < -0.39 is 0 Å². The Balaban J connectivity index is 2.42. The normalized spacial score (nSPS) is 20.5. The summed E-state index contributed by atoms with van der Waals surface area (Å²) in [6.45, 7) is 3.38. The number of unbranched alkanes of at least 4 members (excludes halogenated alkanes) is 1. The van der Waals surface area contributed by atoms with Crippen molar-refractivity contribution in [3.63, 3.8) is 0 Å². The fourth-order valence-electron chi connectivity index (χ4n) is 1.91. The number of hydrogen-bond acceptors (Lipinski definition) is 2. The molecule has 1 saturated heterocycles. The second-order valence-corrected chi connectivity index (χ2v) is 4.16. The van der Waals surface area contributed by atoms with Crippen molar-refractivity contribution in [3.05, 3.63) is 0 Å². The van der Waals surface area contributed by atoms with Crippen molar-refractivity contribution in [1.82, 2.24) is 4.90 Å². The highest BCUT2D eigenvalue weighted by Gasteiger charge is 2.27. The molecule has 1 amide bonds. The molecule has 1 heterocycles. The van der Waals surface area contributed by atoms with Gasteiger partial charge in [-0.15, -0.1) is 0 Å². The molecule has 0 spiro atoms. The van der Waals surface area contributed by atoms with Crippen LogP contribution in [0, 0.1) is 10.8 Å². The van der Waals surface area contributed by atoms with Gasteiger partial charge >= 0.3 is 0 Å². The van der Waals surface area contributed by atoms with E-state index >= 15 is 0 Å². The lowest BCUT2D eigenvalue weighted by atomic mass is 10.1. The standard InChI is InChI=1S/C12H18BrNO2/c1-2-16-12-8-6-7-11(15)14(12)10-5-3-4-9-13/h12H,2-3,5-8,10H2,1H3. The summed E-state index contributed by atoms with van der Waals surface area (Å²) in [4.78, 5) is 16.3. The number of halogens is 1. The van der Waals surface area contributed by atoms with Crippen LogP contribution in [-0.4, -0.2) is 30.2 Å². The third-order valence-electron chi connectivity index (χ3n) is 2.64. The van der Waals surface area contributed by atoms with Crippen molar-refractivity contribution in [2.24, 2.45) is 0 Å². The van der Waals surface area contributed by atoms with Crippen LogP contribution in [0.4, 0.5) is 0 Å². The van der Waals surface area contributed by atoms with E-state index in [0.29, 0.717) is 13.0 Å². The Labute approximate surface area is 106 Å². The Morgan fingerprint density at radius 3 is 3.12 bits per heavy atom. The van der Waals surface area contributed by atoms with Gasteiger partial charge in [0, 0.05) is 41.9 Å². The van der Waals surface area contributed by atoms with Crippen LogP contribution < -0.4 is 0 Å². The van der Waals surface area contributed by atoms with E-state index in [1.54, 1.807) is 0 Å². The number of amides is 1. The fourth-order valence-corrected chi connectivity index (χ4v) is 2.11. The first-order valence-corrected chi connectivity index (χ1v) is 6.58. The molecule has 0 aromatic carbocycles. The number of ether oxygens (including phenoxy) is 1. The summed E-state index contributed by atoms with van der Waals surface area (Å²) in [6.07, 6.45) is 4.28. The van der Waals surface area contributed by atoms with E-state index in [1.165, 1.54) is 0 Å². The molecular formula is C12H18BrNO2. The van der Waals surface area contributed by atoms with Crippen LogP contribution in [0.3, 0.4) is 0 Å². The minimum absolute atomic E-state index is 0.0109. The van der Waals surface area contributed by atoms with E-state index in [-0.39, 0.29) is 12.1 Å². The average molecular weight is 288 g/mol. The lowest BCUT2D eigenvalue weighted by Crippen LogP contribution is -2.45. The Bertz CT molecular complexity index is 280. The van der Waals surface area contributed by atoms with Gasteiger partial charge in [-0.2, -0.15) is 0 Å². The van der Waals surface area contributed by atoms with Gasteiger partial charge < -0.3 is 9.64 Å². The highest BCUT2D eigenvalue weighted by Crippen LogP contribution is 2.19. The molecule has 3 nitrogen and oxygen atoms in total. The van der Waals surface area contributed by atoms with Crippen LogP contribution in [0.25, 0.3) is 0 Å². The molecule has 0 aromatic heterocycles. The van der Waals surface area contributed by atoms with E-state index in [4.69, 9.17) is 4.74 Å². The van der Waals surface area contributed by atoms with Crippen LogP contribution in [0.1, 0.15) is 39.0 Å². The lowest BCUT2D eigenvalue weighted by molar-refractivity contribution is -0.152. The van der Waals surface area contributed by atoms with E-state index in [1.807, 2.05) is 11.8 Å². The van der Waals surface area contributed by atoms with E-state index in [9.17, 15) is 4.79 Å². The van der Waals surface area contributed by atoms with Gasteiger partial charge in [-0.3, -0.25) is 4.79 Å². The van der Waals surface area contributed by atoms with Crippen LogP contribution in [-0.2, 0) is 9.53 Å². The minimum atomic E-state index is -0.0109. The quantitative estimate of drug-likeness (QED) is 0.574. The first kappa shape index (κ1) is 13.5. The number of rotatable bonds is 5. The smallest absolute Gasteiger partial charge is 0.224 e. The second kappa shape index (κ2) is 7.70. The predicted molar refractivity (Wildman–Crippen MR) is 66.9 cm³/mol. The molecule has 0 bridgehead atoms. The average Bonchev–Trinajstić information content (AvgIpc) is 2.28. The van der Waals surface area contributed by atoms with Gasteiger partial charge in [0.05, 0.1) is 0 Å². The van der Waals surface area contributed by atoms with Crippen molar-refractivity contribution < 1.29 is 9.53 Å². The molecule has 1 unspecified atom stereocenters. The molecule has 0 aromatic rings. The summed E-state index contributed by atoms with van der Waals surface area (Å²) in [6, 6.07) is 0. The lowest BCUT2D eigenvalue weighted by Gasteiger charge is -2.35. The largest absolute Gasteiger partial charge is 0.359 e. The molecule has 4 heteroatoms. The van der Waals surface area contributed by atoms with E-state index in [0.717, 1.165) is 32.2 Å². The van der Waals surface area contributed by atoms with Crippen molar-refractivity contribution in [3.8, 4) is 10.8 Å². The predicted octanol–water partition coefficient (Wildman–Crippen LogP) is 2.50. The van der Waals surface area contributed by atoms with Gasteiger partial charge in [0.15, 0.2) is 0 Å². The zero-order valence-corrected chi connectivity index (χ0v) is 11.3. The molecule has 0 saturated carbocycles. The molecule has 0 aliphatic carbocycles. The highest BCUT2D eigenvalue weighted by molar-refractivity contribution is 9.12. The van der Waals surface area contributed by atoms with Crippen LogP contribution in [0.15, 0.2) is 0 Å². The molecule has 0 N–H and O–H groups in total. The minimum Gasteiger partial charge on any atom is -0.359 e. The number of carbonyl (C=O) groups excluding carboxylic acids is 1. The molecule has 1 fully saturated rings. The second-order valence-electron chi connectivity index (χ2n) is 3.76. The number of nitrogens with zero attached hydrogens (tertiary/aromatic N) is 1. The van der Waals surface area contributed by atoms with Crippen molar-refractivity contribution in [1.29, 1.82) is 0 Å². The number of piperidine rings is 1. The zero-order chi connectivity index (χ0) is 11.8. The van der Waals surface area contributed by atoms with Crippen LogP contribution >= 0.6 is 15.9 Å². The molecule has 1 aliphatic heterocycles. The molecule has 16 heavy (non-hydrogen) atoms. The maximum Gasteiger partial charge on any atom is 0.224 e. The fraction of sp³-hybridized carbons (Fsp3) is 0.750. The van der Waals surface area contributed by atoms with Gasteiger partial charge in [0.2, 0.25) is 5.91 Å². The Hall–Kier alpha value is -0.530. The molecule has 1 aliphatic rings. The Morgan fingerprint density at radius 2 is 2.44 bits per heavy atom. The summed E-state index contributed by atoms with van der Waals surface area (Å²) >= 11 is 3.06. The van der Waals surface area contributed by atoms with Gasteiger partial charge in [-0.05, 0) is 31.0 Å². The van der Waals surface area contributed by atoms with Gasteiger partial charge in [0.25, 0.3) is 0 Å². The Morgan fingerprint density at radius 1 is 1.62 bits per heavy atom. The first-order chi connectivity index (χ1) is 7.79. The molecule has 90 valence electrons. The number of likely N-dealkylation sites (tertiary alicyclic amines) is 1. The molecule has 1 atom stereocenters. The van der Waals surface area contributed by atoms with Crippen LogP contribution in [0.5, 0.6) is 0 Å². The number of carbonyl (C=O) groups is 1. The monoisotopic (exact) mass is 287 g/mol. The summed E-state index contributed by atoms with van der Waals surface area (Å²) in [5.41, 5.74) is 0. The van der Waals surface area contributed by atoms with E-state index in [2.05, 4.69) is 26.7 Å². The van der Waals surface area contributed by atoms with Crippen molar-refractivity contribution in [2.75, 3.05) is 13.2 Å². The van der Waals surface area contributed by atoms with Gasteiger partial charge in [0.1, 0.15) is 6.23 Å². The maximum atomic E-state index is 11.7. The molecular weight excluding hydrogens is 270 g/mol. The Kier molecular flexibility index (Phi) is 6.51. The number of hydrogen-bond donors (Lipinski definition) is 0. The SMILES string of the molecule is CCOC1CCCC(=O)N1CCCC#CBr. The molecule has 0 radical (unpaired) electrons. The third-order valence-corrected chi connectivity index (χ3v) is 2.92. The summed E-state index contributed by atoms with van der Waals surface area (Å²) in [5, 5.41) is 0. The summed E-state index contributed by atoms with van der Waals surface area (Å²) in [5.74, 6) is 3.16. The summed E-state index contributed by atoms with van der Waals surface area (Å²) in [7, 11) is 0. The summed E-state index contributed by atoms with van der Waals surface area (Å²) < 4.78 is 5.58. The highest BCUT2D eigenvalue weighted by atomic mass is 79.9. The van der Waals surface area contributed by atoms with Crippen molar-refractivity contribution >= 4 is 21.8 Å². The van der Waals surface area contributed by atoms with Crippen LogP contribution in [0.2, 0.25) is 0 Å². The van der Waals surface area contributed by atoms with Gasteiger partial charge in [-0.25, -0.2) is 0 Å². The topological polar surface area (TPSA) is 29.5 Å². The van der Waals surface area contributed by atoms with Crippen molar-refractivity contribution in [2.45, 2.75) is 45.3 Å². The maximum absolute atomic E-state index is 11.7. The molecule has 1 rings (SSSR count). The third kappa shape index (κ3) is 4.15. The van der Waals surface area contributed by atoms with Gasteiger partial charge in [-0.1, -0.05) is 5.92 Å². The zero-order valence-electron chi connectivity index (χ0n) is 9.67.